The quantitative estimate of drug-likeness (QED) is 0.854. The Labute approximate surface area is 126 Å². The van der Waals surface area contributed by atoms with Crippen LogP contribution in [0.5, 0.6) is 11.5 Å². The number of Topliss-reactive ketones (excluding diaryl/α,β-unsaturated/α-hetero) is 1. The predicted molar refractivity (Wildman–Crippen MR) is 77.1 cm³/mol. The summed E-state index contributed by atoms with van der Waals surface area (Å²) < 4.78 is 10.9. The maximum Gasteiger partial charge on any atom is 0.203 e. The van der Waals surface area contributed by atoms with Gasteiger partial charge in [0, 0.05) is 6.07 Å². The lowest BCUT2D eigenvalue weighted by Crippen LogP contribution is -1.98. The molecule has 20 heavy (non-hydrogen) atoms. The highest BCUT2D eigenvalue weighted by atomic mass is 35.5. The topological polar surface area (TPSA) is 35.5 Å². The molecule has 2 aromatic carbocycles. The van der Waals surface area contributed by atoms with Crippen molar-refractivity contribution in [3.05, 3.63) is 57.6 Å². The lowest BCUT2D eigenvalue weighted by atomic mass is 10.1. The van der Waals surface area contributed by atoms with Crippen molar-refractivity contribution in [2.75, 3.05) is 6.61 Å². The lowest BCUT2D eigenvalue weighted by molar-refractivity contribution is 0.0961. The van der Waals surface area contributed by atoms with Crippen molar-refractivity contribution < 1.29 is 14.3 Å². The molecule has 0 unspecified atom stereocenters. The molecule has 1 aliphatic heterocycles. The molecular weight excluding hydrogens is 299 g/mol. The first-order valence-electron chi connectivity index (χ1n) is 6.00. The van der Waals surface area contributed by atoms with E-state index in [0.29, 0.717) is 33.7 Å². The molecule has 0 atom stereocenters. The van der Waals surface area contributed by atoms with Crippen LogP contribution >= 0.6 is 23.2 Å². The molecule has 0 fully saturated rings. The standard InChI is InChI=1S/C15H10Cl2O3/c16-12-4-1-9(5-13(12)17)7-19-10-2-3-11-14(18)8-20-15(11)6-10/h1-6H,7-8H2. The highest BCUT2D eigenvalue weighted by Crippen LogP contribution is 2.30. The highest BCUT2D eigenvalue weighted by Gasteiger charge is 2.21. The van der Waals surface area contributed by atoms with Gasteiger partial charge in [-0.15, -0.1) is 0 Å². The maximum absolute atomic E-state index is 11.4. The van der Waals surface area contributed by atoms with Crippen LogP contribution in [0.15, 0.2) is 36.4 Å². The number of benzene rings is 2. The number of hydrogen-bond acceptors (Lipinski definition) is 3. The summed E-state index contributed by atoms with van der Waals surface area (Å²) in [5.41, 5.74) is 1.52. The molecular formula is C15H10Cl2O3. The molecule has 2 aromatic rings. The maximum atomic E-state index is 11.4. The smallest absolute Gasteiger partial charge is 0.203 e. The summed E-state index contributed by atoms with van der Waals surface area (Å²) in [4.78, 5) is 11.4. The summed E-state index contributed by atoms with van der Waals surface area (Å²) in [7, 11) is 0. The van der Waals surface area contributed by atoms with Gasteiger partial charge in [0.2, 0.25) is 5.78 Å². The molecule has 3 nitrogen and oxygen atoms in total. The predicted octanol–water partition coefficient (Wildman–Crippen LogP) is 4.15. The minimum Gasteiger partial charge on any atom is -0.489 e. The van der Waals surface area contributed by atoms with E-state index in [1.807, 2.05) is 6.07 Å². The van der Waals surface area contributed by atoms with Crippen molar-refractivity contribution in [3.63, 3.8) is 0 Å². The van der Waals surface area contributed by atoms with Gasteiger partial charge in [0.1, 0.15) is 18.1 Å². The average Bonchev–Trinajstić information content (AvgIpc) is 2.81. The first-order chi connectivity index (χ1) is 9.63. The van der Waals surface area contributed by atoms with Crippen molar-refractivity contribution in [1.29, 1.82) is 0 Å². The SMILES string of the molecule is O=C1COc2cc(OCc3ccc(Cl)c(Cl)c3)ccc21. The molecule has 5 heteroatoms. The first-order valence-corrected chi connectivity index (χ1v) is 6.76. The Morgan fingerprint density at radius 3 is 2.75 bits per heavy atom. The van der Waals surface area contributed by atoms with Gasteiger partial charge < -0.3 is 9.47 Å². The molecule has 0 aliphatic carbocycles. The van der Waals surface area contributed by atoms with Crippen molar-refractivity contribution in [1.82, 2.24) is 0 Å². The van der Waals surface area contributed by atoms with Crippen molar-refractivity contribution >= 4 is 29.0 Å². The van der Waals surface area contributed by atoms with Crippen LogP contribution in [0.2, 0.25) is 10.0 Å². The number of fused-ring (bicyclic) bond motifs is 1. The van der Waals surface area contributed by atoms with Crippen LogP contribution < -0.4 is 9.47 Å². The van der Waals surface area contributed by atoms with Crippen LogP contribution in [0.25, 0.3) is 0 Å². The molecule has 0 N–H and O–H groups in total. The average molecular weight is 309 g/mol. The number of ether oxygens (including phenoxy) is 2. The number of carbonyl (C=O) groups is 1. The molecule has 1 heterocycles. The second-order valence-corrected chi connectivity index (χ2v) is 5.22. The highest BCUT2D eigenvalue weighted by molar-refractivity contribution is 6.42. The summed E-state index contributed by atoms with van der Waals surface area (Å²) in [6.07, 6.45) is 0. The van der Waals surface area contributed by atoms with Crippen LogP contribution in [-0.4, -0.2) is 12.4 Å². The summed E-state index contributed by atoms with van der Waals surface area (Å²) in [6, 6.07) is 10.5. The van der Waals surface area contributed by atoms with E-state index in [1.54, 1.807) is 30.3 Å². The van der Waals surface area contributed by atoms with Gasteiger partial charge in [0.25, 0.3) is 0 Å². The number of rotatable bonds is 3. The van der Waals surface area contributed by atoms with Crippen molar-refractivity contribution in [2.24, 2.45) is 0 Å². The fourth-order valence-corrected chi connectivity index (χ4v) is 2.28. The molecule has 0 bridgehead atoms. The number of carbonyl (C=O) groups excluding carboxylic acids is 1. The minimum atomic E-state index is -0.00367. The normalized spacial score (nSPS) is 13.0. The zero-order valence-electron chi connectivity index (χ0n) is 10.4. The van der Waals surface area contributed by atoms with E-state index in [4.69, 9.17) is 32.7 Å². The van der Waals surface area contributed by atoms with Gasteiger partial charge in [-0.1, -0.05) is 29.3 Å². The number of ketones is 1. The van der Waals surface area contributed by atoms with Crippen LogP contribution in [0.3, 0.4) is 0 Å². The monoisotopic (exact) mass is 308 g/mol. The Morgan fingerprint density at radius 2 is 1.95 bits per heavy atom. The third-order valence-electron chi connectivity index (χ3n) is 3.00. The van der Waals surface area contributed by atoms with E-state index in [0.717, 1.165) is 5.56 Å². The van der Waals surface area contributed by atoms with Gasteiger partial charge in [0.15, 0.2) is 6.61 Å². The lowest BCUT2D eigenvalue weighted by Gasteiger charge is -2.08. The van der Waals surface area contributed by atoms with Crippen LogP contribution in [-0.2, 0) is 6.61 Å². The molecule has 0 radical (unpaired) electrons. The molecule has 3 rings (SSSR count). The fourth-order valence-electron chi connectivity index (χ4n) is 1.96. The van der Waals surface area contributed by atoms with Gasteiger partial charge in [0.05, 0.1) is 15.6 Å². The molecule has 0 saturated carbocycles. The Morgan fingerprint density at radius 1 is 1.10 bits per heavy atom. The Kier molecular flexibility index (Phi) is 3.55. The molecule has 0 aromatic heterocycles. The van der Waals surface area contributed by atoms with E-state index in [2.05, 4.69) is 0 Å². The third-order valence-corrected chi connectivity index (χ3v) is 3.74. The summed E-state index contributed by atoms with van der Waals surface area (Å²) in [5.74, 6) is 1.21. The van der Waals surface area contributed by atoms with Gasteiger partial charge in [-0.2, -0.15) is 0 Å². The number of hydrogen-bond donors (Lipinski definition) is 0. The Hall–Kier alpha value is -1.71. The number of halogens is 2. The third kappa shape index (κ3) is 2.60. The second kappa shape index (κ2) is 5.35. The molecule has 0 spiro atoms. The van der Waals surface area contributed by atoms with E-state index in [-0.39, 0.29) is 12.4 Å². The summed E-state index contributed by atoms with van der Waals surface area (Å²) in [5, 5.41) is 1.01. The molecule has 1 aliphatic rings. The van der Waals surface area contributed by atoms with Crippen LogP contribution in [0.4, 0.5) is 0 Å². The van der Waals surface area contributed by atoms with Crippen molar-refractivity contribution in [3.8, 4) is 11.5 Å². The summed E-state index contributed by atoms with van der Waals surface area (Å²) in [6.45, 7) is 0.467. The molecule has 0 amide bonds. The summed E-state index contributed by atoms with van der Waals surface area (Å²) >= 11 is 11.8. The van der Waals surface area contributed by atoms with Gasteiger partial charge in [-0.05, 0) is 29.8 Å². The Balaban J connectivity index is 1.72. The second-order valence-electron chi connectivity index (χ2n) is 4.41. The van der Waals surface area contributed by atoms with Gasteiger partial charge in [-0.25, -0.2) is 0 Å². The van der Waals surface area contributed by atoms with E-state index < -0.39 is 0 Å². The zero-order chi connectivity index (χ0) is 14.1. The van der Waals surface area contributed by atoms with Gasteiger partial charge in [-0.3, -0.25) is 4.79 Å². The minimum absolute atomic E-state index is 0.00367. The van der Waals surface area contributed by atoms with E-state index in [1.165, 1.54) is 0 Å². The molecule has 102 valence electrons. The van der Waals surface area contributed by atoms with Crippen LogP contribution in [0, 0.1) is 0 Å². The van der Waals surface area contributed by atoms with E-state index >= 15 is 0 Å². The zero-order valence-corrected chi connectivity index (χ0v) is 11.9. The first kappa shape index (κ1) is 13.3. The molecule has 0 saturated heterocycles. The van der Waals surface area contributed by atoms with Crippen molar-refractivity contribution in [2.45, 2.75) is 6.61 Å². The largest absolute Gasteiger partial charge is 0.489 e. The fraction of sp³-hybridized carbons (Fsp3) is 0.133. The Bertz CT molecular complexity index is 683. The van der Waals surface area contributed by atoms with Gasteiger partial charge >= 0.3 is 0 Å². The van der Waals surface area contributed by atoms with Crippen LogP contribution in [0.1, 0.15) is 15.9 Å². The van der Waals surface area contributed by atoms with E-state index in [9.17, 15) is 4.79 Å².